The SMILES string of the molecule is CC1(c2cccc(NC(=O)c3ccn[nH]3)c2)NC(=O)NC1=O. The monoisotopic (exact) mass is 299 g/mol. The quantitative estimate of drug-likeness (QED) is 0.625. The number of aromatic nitrogens is 2. The van der Waals surface area contributed by atoms with E-state index >= 15 is 0 Å². The highest BCUT2D eigenvalue weighted by molar-refractivity contribution is 6.07. The van der Waals surface area contributed by atoms with E-state index in [1.807, 2.05) is 0 Å². The number of H-pyrrole nitrogens is 1. The maximum atomic E-state index is 12.0. The summed E-state index contributed by atoms with van der Waals surface area (Å²) in [6.07, 6.45) is 1.48. The van der Waals surface area contributed by atoms with Crippen molar-refractivity contribution in [2.45, 2.75) is 12.5 Å². The molecule has 1 aliphatic heterocycles. The minimum absolute atomic E-state index is 0.323. The van der Waals surface area contributed by atoms with E-state index in [9.17, 15) is 14.4 Å². The number of imide groups is 1. The van der Waals surface area contributed by atoms with Crippen molar-refractivity contribution in [3.63, 3.8) is 0 Å². The van der Waals surface area contributed by atoms with Crippen molar-refractivity contribution in [2.24, 2.45) is 0 Å². The second-order valence-electron chi connectivity index (χ2n) is 5.04. The Morgan fingerprint density at radius 2 is 2.09 bits per heavy atom. The summed E-state index contributed by atoms with van der Waals surface area (Å²) in [4.78, 5) is 35.2. The Morgan fingerprint density at radius 3 is 2.73 bits per heavy atom. The van der Waals surface area contributed by atoms with E-state index in [0.29, 0.717) is 16.9 Å². The van der Waals surface area contributed by atoms with Gasteiger partial charge in [-0.1, -0.05) is 12.1 Å². The lowest BCUT2D eigenvalue weighted by molar-refractivity contribution is -0.123. The van der Waals surface area contributed by atoms with E-state index in [2.05, 4.69) is 26.1 Å². The van der Waals surface area contributed by atoms with Gasteiger partial charge in [0.05, 0.1) is 0 Å². The predicted octanol–water partition coefficient (Wildman–Crippen LogP) is 0.717. The van der Waals surface area contributed by atoms with Gasteiger partial charge in [-0.15, -0.1) is 0 Å². The molecule has 4 amide bonds. The summed E-state index contributed by atoms with van der Waals surface area (Å²) in [5.41, 5.74) is 0.236. The van der Waals surface area contributed by atoms with Crippen LogP contribution in [-0.4, -0.2) is 28.0 Å². The number of carbonyl (C=O) groups excluding carboxylic acids is 3. The standard InChI is InChI=1S/C14H13N5O3/c1-14(12(21)17-13(22)18-14)8-3-2-4-9(7-8)16-11(20)10-5-6-15-19-10/h2-7H,1H3,(H,15,19)(H,16,20)(H2,17,18,21,22). The maximum absolute atomic E-state index is 12.0. The van der Waals surface area contributed by atoms with Crippen LogP contribution in [0.3, 0.4) is 0 Å². The molecule has 1 fully saturated rings. The van der Waals surface area contributed by atoms with E-state index in [1.54, 1.807) is 37.3 Å². The van der Waals surface area contributed by atoms with Crippen molar-refractivity contribution in [3.05, 3.63) is 47.8 Å². The van der Waals surface area contributed by atoms with Gasteiger partial charge in [0.1, 0.15) is 11.2 Å². The smallest absolute Gasteiger partial charge is 0.321 e. The fourth-order valence-electron chi connectivity index (χ4n) is 2.24. The third-order valence-electron chi connectivity index (χ3n) is 3.49. The molecule has 0 radical (unpaired) electrons. The molecule has 22 heavy (non-hydrogen) atoms. The zero-order valence-corrected chi connectivity index (χ0v) is 11.6. The predicted molar refractivity (Wildman–Crippen MR) is 77.0 cm³/mol. The van der Waals surface area contributed by atoms with Gasteiger partial charge in [-0.25, -0.2) is 4.79 Å². The van der Waals surface area contributed by atoms with Gasteiger partial charge in [-0.3, -0.25) is 20.0 Å². The first-order valence-corrected chi connectivity index (χ1v) is 6.54. The summed E-state index contributed by atoms with van der Waals surface area (Å²) in [7, 11) is 0. The molecular weight excluding hydrogens is 286 g/mol. The molecule has 8 nitrogen and oxygen atoms in total. The number of rotatable bonds is 3. The van der Waals surface area contributed by atoms with Crippen molar-refractivity contribution in [1.29, 1.82) is 0 Å². The molecule has 8 heteroatoms. The van der Waals surface area contributed by atoms with Crippen molar-refractivity contribution >= 4 is 23.5 Å². The Hall–Kier alpha value is -3.16. The third kappa shape index (κ3) is 2.30. The molecule has 1 atom stereocenters. The molecule has 2 heterocycles. The molecule has 3 rings (SSSR count). The Kier molecular flexibility index (Phi) is 3.13. The average Bonchev–Trinajstić information content (AvgIpc) is 3.09. The van der Waals surface area contributed by atoms with Crippen LogP contribution < -0.4 is 16.0 Å². The summed E-state index contributed by atoms with van der Waals surface area (Å²) in [5, 5.41) is 13.7. The first-order valence-electron chi connectivity index (χ1n) is 6.54. The van der Waals surface area contributed by atoms with Gasteiger partial charge in [0.2, 0.25) is 0 Å². The summed E-state index contributed by atoms with van der Waals surface area (Å²) < 4.78 is 0. The van der Waals surface area contributed by atoms with E-state index in [0.717, 1.165) is 0 Å². The van der Waals surface area contributed by atoms with Crippen LogP contribution in [0.5, 0.6) is 0 Å². The lowest BCUT2D eigenvalue weighted by Crippen LogP contribution is -2.40. The molecule has 0 bridgehead atoms. The highest BCUT2D eigenvalue weighted by atomic mass is 16.2. The zero-order valence-electron chi connectivity index (χ0n) is 11.6. The Balaban J connectivity index is 1.86. The van der Waals surface area contributed by atoms with Crippen LogP contribution in [0.1, 0.15) is 23.0 Å². The second kappa shape index (κ2) is 4.99. The van der Waals surface area contributed by atoms with Crippen LogP contribution >= 0.6 is 0 Å². The molecule has 0 saturated carbocycles. The molecule has 4 N–H and O–H groups in total. The van der Waals surface area contributed by atoms with Crippen LogP contribution in [-0.2, 0) is 10.3 Å². The molecule has 0 aliphatic carbocycles. The van der Waals surface area contributed by atoms with Crippen LogP contribution in [0.15, 0.2) is 36.5 Å². The lowest BCUT2D eigenvalue weighted by atomic mass is 9.92. The minimum Gasteiger partial charge on any atom is -0.321 e. The van der Waals surface area contributed by atoms with Crippen LogP contribution in [0.4, 0.5) is 10.5 Å². The van der Waals surface area contributed by atoms with E-state index in [-0.39, 0.29) is 5.91 Å². The molecule has 1 aliphatic rings. The number of benzene rings is 1. The van der Waals surface area contributed by atoms with Crippen molar-refractivity contribution in [2.75, 3.05) is 5.32 Å². The van der Waals surface area contributed by atoms with Gasteiger partial charge < -0.3 is 10.6 Å². The highest BCUT2D eigenvalue weighted by Crippen LogP contribution is 2.26. The third-order valence-corrected chi connectivity index (χ3v) is 3.49. The zero-order chi connectivity index (χ0) is 15.7. The van der Waals surface area contributed by atoms with Gasteiger partial charge in [0, 0.05) is 11.9 Å². The Bertz CT molecular complexity index is 756. The van der Waals surface area contributed by atoms with Gasteiger partial charge in [0.15, 0.2) is 0 Å². The summed E-state index contributed by atoms with van der Waals surface area (Å²) >= 11 is 0. The molecule has 1 aromatic carbocycles. The van der Waals surface area contributed by atoms with Crippen molar-refractivity contribution in [1.82, 2.24) is 20.8 Å². The molecule has 1 unspecified atom stereocenters. The number of hydrogen-bond acceptors (Lipinski definition) is 4. The molecule has 1 saturated heterocycles. The number of nitrogens with one attached hydrogen (secondary N) is 4. The van der Waals surface area contributed by atoms with Gasteiger partial charge >= 0.3 is 6.03 Å². The minimum atomic E-state index is -1.16. The van der Waals surface area contributed by atoms with Gasteiger partial charge in [-0.2, -0.15) is 5.10 Å². The molecule has 1 aromatic heterocycles. The maximum Gasteiger partial charge on any atom is 0.322 e. The topological polar surface area (TPSA) is 116 Å². The van der Waals surface area contributed by atoms with Crippen LogP contribution in [0.25, 0.3) is 0 Å². The number of carbonyl (C=O) groups is 3. The Labute approximate surface area is 125 Å². The fourth-order valence-corrected chi connectivity index (χ4v) is 2.24. The van der Waals surface area contributed by atoms with Crippen LogP contribution in [0.2, 0.25) is 0 Å². The van der Waals surface area contributed by atoms with E-state index in [1.165, 1.54) is 6.20 Å². The van der Waals surface area contributed by atoms with Crippen LogP contribution in [0, 0.1) is 0 Å². The normalized spacial score (nSPS) is 20.4. The highest BCUT2D eigenvalue weighted by Gasteiger charge is 2.43. The number of nitrogens with zero attached hydrogens (tertiary/aromatic N) is 1. The largest absolute Gasteiger partial charge is 0.322 e. The summed E-state index contributed by atoms with van der Waals surface area (Å²) in [6.45, 7) is 1.60. The second-order valence-corrected chi connectivity index (χ2v) is 5.04. The number of anilines is 1. The van der Waals surface area contributed by atoms with Crippen molar-refractivity contribution in [3.8, 4) is 0 Å². The Morgan fingerprint density at radius 1 is 1.27 bits per heavy atom. The fraction of sp³-hybridized carbons (Fsp3) is 0.143. The summed E-state index contributed by atoms with van der Waals surface area (Å²) in [6, 6.07) is 7.73. The molecule has 112 valence electrons. The lowest BCUT2D eigenvalue weighted by Gasteiger charge is -2.21. The van der Waals surface area contributed by atoms with Gasteiger partial charge in [0.25, 0.3) is 11.8 Å². The summed E-state index contributed by atoms with van der Waals surface area (Å²) in [5.74, 6) is -0.783. The van der Waals surface area contributed by atoms with E-state index in [4.69, 9.17) is 0 Å². The molecule has 2 aromatic rings. The average molecular weight is 299 g/mol. The first kappa shape index (κ1) is 13.8. The number of hydrogen-bond donors (Lipinski definition) is 4. The number of amides is 4. The number of aromatic amines is 1. The van der Waals surface area contributed by atoms with Gasteiger partial charge in [-0.05, 0) is 30.7 Å². The molecule has 0 spiro atoms. The number of urea groups is 1. The molecular formula is C14H13N5O3. The van der Waals surface area contributed by atoms with E-state index < -0.39 is 17.5 Å². The first-order chi connectivity index (χ1) is 10.5. The van der Waals surface area contributed by atoms with Crippen molar-refractivity contribution < 1.29 is 14.4 Å².